The van der Waals surface area contributed by atoms with E-state index in [-0.39, 0.29) is 6.61 Å². The van der Waals surface area contributed by atoms with Crippen LogP contribution in [0, 0.1) is 11.6 Å². The van der Waals surface area contributed by atoms with Gasteiger partial charge in [0.15, 0.2) is 11.6 Å². The van der Waals surface area contributed by atoms with Gasteiger partial charge in [-0.05, 0) is 48.9 Å². The van der Waals surface area contributed by atoms with E-state index >= 15 is 0 Å². The summed E-state index contributed by atoms with van der Waals surface area (Å²) in [4.78, 5) is 0. The fourth-order valence-electron chi connectivity index (χ4n) is 2.20. The summed E-state index contributed by atoms with van der Waals surface area (Å²) in [5.41, 5.74) is 1.79. The first-order valence-corrected chi connectivity index (χ1v) is 6.98. The second kappa shape index (κ2) is 7.18. The lowest BCUT2D eigenvalue weighted by atomic mass is 10.0. The van der Waals surface area contributed by atoms with Gasteiger partial charge in [0.2, 0.25) is 0 Å². The molecule has 1 unspecified atom stereocenters. The maximum Gasteiger partial charge on any atom is 0.159 e. The van der Waals surface area contributed by atoms with Gasteiger partial charge in [-0.25, -0.2) is 8.78 Å². The molecule has 0 fully saturated rings. The van der Waals surface area contributed by atoms with E-state index in [1.54, 1.807) is 0 Å². The van der Waals surface area contributed by atoms with E-state index < -0.39 is 11.6 Å². The zero-order chi connectivity index (χ0) is 15.2. The molecule has 4 heteroatoms. The SMILES string of the molecule is CCC(NC)c1ccc(OCc2ccc(F)c(F)c2)cc1. The van der Waals surface area contributed by atoms with Crippen molar-refractivity contribution < 1.29 is 13.5 Å². The molecule has 0 heterocycles. The van der Waals surface area contributed by atoms with Crippen molar-refractivity contribution in [1.29, 1.82) is 0 Å². The van der Waals surface area contributed by atoms with Crippen LogP contribution in [0.4, 0.5) is 8.78 Å². The molecule has 0 aromatic heterocycles. The van der Waals surface area contributed by atoms with Crippen molar-refractivity contribution in [3.05, 3.63) is 65.2 Å². The van der Waals surface area contributed by atoms with Crippen LogP contribution < -0.4 is 10.1 Å². The summed E-state index contributed by atoms with van der Waals surface area (Å²) in [6.07, 6.45) is 1.01. The van der Waals surface area contributed by atoms with E-state index in [1.807, 2.05) is 31.3 Å². The van der Waals surface area contributed by atoms with Gasteiger partial charge in [-0.15, -0.1) is 0 Å². The van der Waals surface area contributed by atoms with Gasteiger partial charge in [0, 0.05) is 6.04 Å². The highest BCUT2D eigenvalue weighted by Gasteiger charge is 2.07. The minimum Gasteiger partial charge on any atom is -0.489 e. The smallest absolute Gasteiger partial charge is 0.159 e. The molecule has 2 aromatic carbocycles. The van der Waals surface area contributed by atoms with Crippen LogP contribution in [0.1, 0.15) is 30.5 Å². The van der Waals surface area contributed by atoms with Gasteiger partial charge in [-0.3, -0.25) is 0 Å². The minimum absolute atomic E-state index is 0.208. The fraction of sp³-hybridized carbons (Fsp3) is 0.294. The second-order valence-corrected chi connectivity index (χ2v) is 4.86. The number of rotatable bonds is 6. The molecule has 1 atom stereocenters. The van der Waals surface area contributed by atoms with Gasteiger partial charge in [-0.2, -0.15) is 0 Å². The molecule has 0 aliphatic heterocycles. The van der Waals surface area contributed by atoms with Crippen LogP contribution in [-0.2, 0) is 6.61 Å². The molecule has 2 nitrogen and oxygen atoms in total. The summed E-state index contributed by atoms with van der Waals surface area (Å²) < 4.78 is 31.5. The van der Waals surface area contributed by atoms with E-state index in [2.05, 4.69) is 12.2 Å². The average Bonchev–Trinajstić information content (AvgIpc) is 2.51. The lowest BCUT2D eigenvalue weighted by Crippen LogP contribution is -2.14. The number of nitrogens with one attached hydrogen (secondary N) is 1. The van der Waals surface area contributed by atoms with Crippen LogP contribution >= 0.6 is 0 Å². The highest BCUT2D eigenvalue weighted by molar-refractivity contribution is 5.29. The second-order valence-electron chi connectivity index (χ2n) is 4.86. The van der Waals surface area contributed by atoms with Crippen LogP contribution in [0.3, 0.4) is 0 Å². The van der Waals surface area contributed by atoms with Crippen LogP contribution in [0.5, 0.6) is 5.75 Å². The number of halogens is 2. The van der Waals surface area contributed by atoms with E-state index in [0.29, 0.717) is 17.4 Å². The van der Waals surface area contributed by atoms with Gasteiger partial charge in [-0.1, -0.05) is 25.1 Å². The molecule has 112 valence electrons. The Balaban J connectivity index is 1.98. The van der Waals surface area contributed by atoms with Crippen LogP contribution in [0.2, 0.25) is 0 Å². The first kappa shape index (κ1) is 15.4. The first-order valence-electron chi connectivity index (χ1n) is 6.98. The third-order valence-corrected chi connectivity index (χ3v) is 3.43. The van der Waals surface area contributed by atoms with Crippen molar-refractivity contribution >= 4 is 0 Å². The maximum absolute atomic E-state index is 13.1. The quantitative estimate of drug-likeness (QED) is 0.860. The standard InChI is InChI=1S/C17H19F2NO/c1-3-17(20-2)13-5-7-14(8-6-13)21-11-12-4-9-15(18)16(19)10-12/h4-10,17,20H,3,11H2,1-2H3. The van der Waals surface area contributed by atoms with Gasteiger partial charge >= 0.3 is 0 Å². The van der Waals surface area contributed by atoms with Crippen molar-refractivity contribution in [3.63, 3.8) is 0 Å². The lowest BCUT2D eigenvalue weighted by Gasteiger charge is -2.15. The Kier molecular flexibility index (Phi) is 5.28. The first-order chi connectivity index (χ1) is 10.1. The predicted molar refractivity (Wildman–Crippen MR) is 79.2 cm³/mol. The summed E-state index contributed by atoms with van der Waals surface area (Å²) in [6.45, 7) is 2.33. The molecule has 0 bridgehead atoms. The van der Waals surface area contributed by atoms with Crippen molar-refractivity contribution in [3.8, 4) is 5.75 Å². The fourth-order valence-corrected chi connectivity index (χ4v) is 2.20. The number of ether oxygens (including phenoxy) is 1. The Morgan fingerprint density at radius 1 is 1.05 bits per heavy atom. The molecule has 0 saturated heterocycles. The minimum atomic E-state index is -0.855. The zero-order valence-electron chi connectivity index (χ0n) is 12.2. The normalized spacial score (nSPS) is 12.2. The van der Waals surface area contributed by atoms with Crippen molar-refractivity contribution in [2.45, 2.75) is 26.0 Å². The summed E-state index contributed by atoms with van der Waals surface area (Å²) in [7, 11) is 1.93. The third-order valence-electron chi connectivity index (χ3n) is 3.43. The summed E-state index contributed by atoms with van der Waals surface area (Å²) in [5.74, 6) is -0.999. The summed E-state index contributed by atoms with van der Waals surface area (Å²) >= 11 is 0. The van der Waals surface area contributed by atoms with Gasteiger partial charge in [0.05, 0.1) is 0 Å². The average molecular weight is 291 g/mol. The lowest BCUT2D eigenvalue weighted by molar-refractivity contribution is 0.305. The van der Waals surface area contributed by atoms with Crippen LogP contribution in [0.25, 0.3) is 0 Å². The highest BCUT2D eigenvalue weighted by atomic mass is 19.2. The Morgan fingerprint density at radius 2 is 1.76 bits per heavy atom. The van der Waals surface area contributed by atoms with E-state index in [0.717, 1.165) is 18.6 Å². The van der Waals surface area contributed by atoms with Crippen LogP contribution in [-0.4, -0.2) is 7.05 Å². The highest BCUT2D eigenvalue weighted by Crippen LogP contribution is 2.20. The van der Waals surface area contributed by atoms with E-state index in [4.69, 9.17) is 4.74 Å². The zero-order valence-corrected chi connectivity index (χ0v) is 12.2. The maximum atomic E-state index is 13.1. The molecule has 0 aliphatic rings. The predicted octanol–water partition coefficient (Wildman–Crippen LogP) is 4.21. The van der Waals surface area contributed by atoms with Crippen molar-refractivity contribution in [2.75, 3.05) is 7.05 Å². The Labute approximate surface area is 123 Å². The molecular weight excluding hydrogens is 272 g/mol. The topological polar surface area (TPSA) is 21.3 Å². The van der Waals surface area contributed by atoms with Crippen molar-refractivity contribution in [2.24, 2.45) is 0 Å². The van der Waals surface area contributed by atoms with Gasteiger partial charge < -0.3 is 10.1 Å². The largest absolute Gasteiger partial charge is 0.489 e. The monoisotopic (exact) mass is 291 g/mol. The molecule has 2 rings (SSSR count). The number of hydrogen-bond acceptors (Lipinski definition) is 2. The molecule has 0 saturated carbocycles. The van der Waals surface area contributed by atoms with E-state index in [9.17, 15) is 8.78 Å². The summed E-state index contributed by atoms with van der Waals surface area (Å²) in [6, 6.07) is 11.9. The van der Waals surface area contributed by atoms with Crippen molar-refractivity contribution in [1.82, 2.24) is 5.32 Å². The number of benzene rings is 2. The van der Waals surface area contributed by atoms with Crippen LogP contribution in [0.15, 0.2) is 42.5 Å². The molecule has 21 heavy (non-hydrogen) atoms. The molecular formula is C17H19F2NO. The Bertz CT molecular complexity index is 580. The Hall–Kier alpha value is -1.94. The molecule has 0 aliphatic carbocycles. The molecule has 1 N–H and O–H groups in total. The molecule has 0 amide bonds. The number of hydrogen-bond donors (Lipinski definition) is 1. The summed E-state index contributed by atoms with van der Waals surface area (Å²) in [5, 5.41) is 3.24. The Morgan fingerprint density at radius 3 is 2.33 bits per heavy atom. The molecule has 2 aromatic rings. The third kappa shape index (κ3) is 4.02. The molecule has 0 radical (unpaired) electrons. The molecule has 0 spiro atoms. The van der Waals surface area contributed by atoms with Gasteiger partial charge in [0.1, 0.15) is 12.4 Å². The van der Waals surface area contributed by atoms with Gasteiger partial charge in [0.25, 0.3) is 0 Å². The van der Waals surface area contributed by atoms with E-state index in [1.165, 1.54) is 11.6 Å².